The molecular formula is C12H16N4. The minimum atomic E-state index is 0.345. The zero-order valence-electron chi connectivity index (χ0n) is 9.43. The predicted octanol–water partition coefficient (Wildman–Crippen LogP) is 1.67. The Morgan fingerprint density at radius 2 is 2.25 bits per heavy atom. The summed E-state index contributed by atoms with van der Waals surface area (Å²) in [6.45, 7) is 2.80. The molecule has 1 fully saturated rings. The Kier molecular flexibility index (Phi) is 2.17. The third kappa shape index (κ3) is 1.41. The molecular weight excluding hydrogens is 200 g/mol. The molecule has 1 atom stereocenters. The van der Waals surface area contributed by atoms with E-state index in [-0.39, 0.29) is 0 Å². The highest BCUT2D eigenvalue weighted by molar-refractivity contribution is 5.41. The highest BCUT2D eigenvalue weighted by atomic mass is 15.3. The average molecular weight is 216 g/mol. The van der Waals surface area contributed by atoms with Gasteiger partial charge in [0.15, 0.2) is 5.65 Å². The van der Waals surface area contributed by atoms with Gasteiger partial charge >= 0.3 is 0 Å². The van der Waals surface area contributed by atoms with Crippen molar-refractivity contribution in [2.24, 2.45) is 5.73 Å². The van der Waals surface area contributed by atoms with Crippen molar-refractivity contribution in [1.29, 1.82) is 0 Å². The van der Waals surface area contributed by atoms with Crippen molar-refractivity contribution in [3.63, 3.8) is 0 Å². The van der Waals surface area contributed by atoms with Gasteiger partial charge in [0.05, 0.1) is 0 Å². The highest BCUT2D eigenvalue weighted by Crippen LogP contribution is 2.39. The Morgan fingerprint density at radius 1 is 1.44 bits per heavy atom. The molecule has 1 aliphatic carbocycles. The molecule has 3 rings (SSSR count). The van der Waals surface area contributed by atoms with Gasteiger partial charge in [-0.05, 0) is 25.0 Å². The van der Waals surface area contributed by atoms with E-state index >= 15 is 0 Å². The van der Waals surface area contributed by atoms with Gasteiger partial charge in [-0.25, -0.2) is 0 Å². The number of nitrogens with zero attached hydrogens (tertiary/aromatic N) is 3. The van der Waals surface area contributed by atoms with E-state index in [2.05, 4.69) is 27.6 Å². The lowest BCUT2D eigenvalue weighted by molar-refractivity contribution is 0.716. The second kappa shape index (κ2) is 3.56. The number of hydrogen-bond donors (Lipinski definition) is 1. The highest BCUT2D eigenvalue weighted by Gasteiger charge is 2.29. The van der Waals surface area contributed by atoms with E-state index in [0.29, 0.717) is 18.4 Å². The number of pyridine rings is 1. The molecule has 0 spiro atoms. The average Bonchev–Trinajstić information content (AvgIpc) is 3.07. The molecule has 0 amide bonds. The van der Waals surface area contributed by atoms with Gasteiger partial charge in [0.25, 0.3) is 0 Å². The van der Waals surface area contributed by atoms with Crippen LogP contribution in [0.4, 0.5) is 0 Å². The smallest absolute Gasteiger partial charge is 0.161 e. The molecule has 4 nitrogen and oxygen atoms in total. The molecule has 16 heavy (non-hydrogen) atoms. The van der Waals surface area contributed by atoms with Crippen molar-refractivity contribution in [2.75, 3.05) is 6.54 Å². The van der Waals surface area contributed by atoms with Crippen LogP contribution in [0.3, 0.4) is 0 Å². The van der Waals surface area contributed by atoms with Gasteiger partial charge in [0.1, 0.15) is 5.82 Å². The molecule has 0 aromatic carbocycles. The van der Waals surface area contributed by atoms with Gasteiger partial charge in [0, 0.05) is 24.1 Å². The van der Waals surface area contributed by atoms with Crippen LogP contribution in [0.5, 0.6) is 0 Å². The van der Waals surface area contributed by atoms with Crippen LogP contribution >= 0.6 is 0 Å². The van der Waals surface area contributed by atoms with Crippen LogP contribution in [0, 0.1) is 0 Å². The van der Waals surface area contributed by atoms with E-state index in [9.17, 15) is 0 Å². The topological polar surface area (TPSA) is 56.2 Å². The van der Waals surface area contributed by atoms with E-state index in [1.165, 1.54) is 18.5 Å². The maximum atomic E-state index is 5.75. The normalized spacial score (nSPS) is 17.9. The Morgan fingerprint density at radius 3 is 2.94 bits per heavy atom. The van der Waals surface area contributed by atoms with Crippen LogP contribution in [0.15, 0.2) is 18.2 Å². The third-order valence-electron chi connectivity index (χ3n) is 3.28. The van der Waals surface area contributed by atoms with Crippen LogP contribution in [0.25, 0.3) is 5.65 Å². The maximum absolute atomic E-state index is 5.75. The fourth-order valence-electron chi connectivity index (χ4n) is 2.10. The second-order valence-electron chi connectivity index (χ2n) is 4.61. The summed E-state index contributed by atoms with van der Waals surface area (Å²) in [5, 5.41) is 8.54. The molecule has 2 aromatic heterocycles. The first-order valence-corrected chi connectivity index (χ1v) is 5.85. The van der Waals surface area contributed by atoms with Gasteiger partial charge in [0.2, 0.25) is 0 Å². The first-order chi connectivity index (χ1) is 7.81. The molecule has 1 aliphatic rings. The summed E-state index contributed by atoms with van der Waals surface area (Å²) in [5.41, 5.74) is 7.92. The Labute approximate surface area is 94.5 Å². The Balaban J connectivity index is 2.21. The largest absolute Gasteiger partial charge is 0.330 e. The molecule has 0 radical (unpaired) electrons. The molecule has 2 N–H and O–H groups in total. The molecule has 4 heteroatoms. The summed E-state index contributed by atoms with van der Waals surface area (Å²) < 4.78 is 2.19. The van der Waals surface area contributed by atoms with Gasteiger partial charge in [-0.15, -0.1) is 10.2 Å². The fraction of sp³-hybridized carbons (Fsp3) is 0.500. The molecule has 2 heterocycles. The van der Waals surface area contributed by atoms with E-state index < -0.39 is 0 Å². The lowest BCUT2D eigenvalue weighted by Gasteiger charge is -2.12. The number of nitrogens with two attached hydrogens (primary N) is 1. The summed E-state index contributed by atoms with van der Waals surface area (Å²) in [7, 11) is 0. The van der Waals surface area contributed by atoms with Gasteiger partial charge < -0.3 is 5.73 Å². The molecule has 2 aromatic rings. The number of aromatic nitrogens is 3. The van der Waals surface area contributed by atoms with E-state index in [4.69, 9.17) is 5.73 Å². The maximum Gasteiger partial charge on any atom is 0.161 e. The van der Waals surface area contributed by atoms with Gasteiger partial charge in [-0.1, -0.05) is 13.0 Å². The van der Waals surface area contributed by atoms with Crippen molar-refractivity contribution in [3.05, 3.63) is 29.7 Å². The zero-order valence-corrected chi connectivity index (χ0v) is 9.43. The number of rotatable bonds is 3. The van der Waals surface area contributed by atoms with Crippen LogP contribution in [0.1, 0.15) is 43.1 Å². The van der Waals surface area contributed by atoms with E-state index in [0.717, 1.165) is 11.5 Å². The summed E-state index contributed by atoms with van der Waals surface area (Å²) in [4.78, 5) is 0. The Bertz CT molecular complexity index is 513. The zero-order chi connectivity index (χ0) is 11.1. The van der Waals surface area contributed by atoms with E-state index in [1.54, 1.807) is 0 Å². The van der Waals surface area contributed by atoms with E-state index in [1.807, 2.05) is 12.1 Å². The first-order valence-electron chi connectivity index (χ1n) is 5.85. The van der Waals surface area contributed by atoms with Gasteiger partial charge in [-0.3, -0.25) is 4.40 Å². The quantitative estimate of drug-likeness (QED) is 0.849. The minimum Gasteiger partial charge on any atom is -0.330 e. The molecule has 0 aliphatic heterocycles. The van der Waals surface area contributed by atoms with Gasteiger partial charge in [-0.2, -0.15) is 0 Å². The molecule has 84 valence electrons. The molecule has 1 unspecified atom stereocenters. The second-order valence-corrected chi connectivity index (χ2v) is 4.61. The number of fused-ring (bicyclic) bond motifs is 1. The SMILES string of the molecule is CC(CN)c1cccc2nnc(C3CC3)n12. The lowest BCUT2D eigenvalue weighted by atomic mass is 10.1. The van der Waals surface area contributed by atoms with Crippen molar-refractivity contribution in [3.8, 4) is 0 Å². The Hall–Kier alpha value is -1.42. The lowest BCUT2D eigenvalue weighted by Crippen LogP contribution is -2.13. The fourth-order valence-corrected chi connectivity index (χ4v) is 2.10. The standard InChI is InChI=1S/C12H16N4/c1-8(7-13)10-3-2-4-11-14-15-12(16(10)11)9-5-6-9/h2-4,8-9H,5-7,13H2,1H3. The van der Waals surface area contributed by atoms with Crippen LogP contribution in [-0.2, 0) is 0 Å². The van der Waals surface area contributed by atoms with Crippen molar-refractivity contribution in [1.82, 2.24) is 14.6 Å². The molecule has 0 bridgehead atoms. The monoisotopic (exact) mass is 216 g/mol. The molecule has 1 saturated carbocycles. The number of hydrogen-bond acceptors (Lipinski definition) is 3. The van der Waals surface area contributed by atoms with Crippen LogP contribution < -0.4 is 5.73 Å². The summed E-state index contributed by atoms with van der Waals surface area (Å²) in [6.07, 6.45) is 2.48. The third-order valence-corrected chi connectivity index (χ3v) is 3.28. The first kappa shape index (κ1) is 9.78. The summed E-state index contributed by atoms with van der Waals surface area (Å²) in [5.74, 6) is 2.07. The van der Waals surface area contributed by atoms with Crippen LogP contribution in [0.2, 0.25) is 0 Å². The van der Waals surface area contributed by atoms with Crippen molar-refractivity contribution < 1.29 is 0 Å². The van der Waals surface area contributed by atoms with Crippen molar-refractivity contribution >= 4 is 5.65 Å². The van der Waals surface area contributed by atoms with Crippen molar-refractivity contribution in [2.45, 2.75) is 31.6 Å². The summed E-state index contributed by atoms with van der Waals surface area (Å²) in [6, 6.07) is 6.16. The van der Waals surface area contributed by atoms with Crippen LogP contribution in [-0.4, -0.2) is 21.1 Å². The predicted molar refractivity (Wildman–Crippen MR) is 62.4 cm³/mol. The summed E-state index contributed by atoms with van der Waals surface area (Å²) >= 11 is 0. The molecule has 0 saturated heterocycles. The minimum absolute atomic E-state index is 0.345.